The van der Waals surface area contributed by atoms with Gasteiger partial charge in [0.2, 0.25) is 0 Å². The molecule has 0 aromatic heterocycles. The van der Waals surface area contributed by atoms with Gasteiger partial charge in [-0.25, -0.2) is 0 Å². The Morgan fingerprint density at radius 1 is 0.526 bits per heavy atom. The van der Waals surface area contributed by atoms with Crippen LogP contribution in [0.25, 0.3) is 0 Å². The van der Waals surface area contributed by atoms with Gasteiger partial charge in [-0.3, -0.25) is 0 Å². The first kappa shape index (κ1) is 34.2. The Bertz CT molecular complexity index is 692. The van der Waals surface area contributed by atoms with Gasteiger partial charge in [0.05, 0.1) is 37.6 Å². The zero-order valence-corrected chi connectivity index (χ0v) is 24.1. The van der Waals surface area contributed by atoms with E-state index in [1.165, 1.54) is 0 Å². The Morgan fingerprint density at radius 2 is 0.868 bits per heavy atom. The Labute approximate surface area is 231 Å². The van der Waals surface area contributed by atoms with Crippen molar-refractivity contribution in [3.63, 3.8) is 0 Å². The second-order valence-electron chi connectivity index (χ2n) is 9.60. The summed E-state index contributed by atoms with van der Waals surface area (Å²) in [6.45, 7) is 9.89. The predicted octanol–water partition coefficient (Wildman–Crippen LogP) is 7.01. The highest BCUT2D eigenvalue weighted by Crippen LogP contribution is 2.14. The number of rotatable bonds is 20. The van der Waals surface area contributed by atoms with Crippen LogP contribution in [-0.2, 0) is 32.2 Å². The van der Waals surface area contributed by atoms with Gasteiger partial charge < -0.3 is 29.2 Å². The average molecular weight is 533 g/mol. The molecule has 0 radical (unpaired) electrons. The van der Waals surface area contributed by atoms with E-state index in [4.69, 9.17) is 18.9 Å². The summed E-state index contributed by atoms with van der Waals surface area (Å²) in [5.41, 5.74) is 2.26. The fraction of sp³-hybridized carbons (Fsp3) is 0.625. The van der Waals surface area contributed by atoms with E-state index in [0.717, 1.165) is 62.5 Å². The summed E-state index contributed by atoms with van der Waals surface area (Å²) in [7, 11) is 0. The zero-order chi connectivity index (χ0) is 27.8. The van der Waals surface area contributed by atoms with Gasteiger partial charge in [-0.05, 0) is 36.8 Å². The van der Waals surface area contributed by atoms with Crippen LogP contribution < -0.4 is 0 Å². The van der Waals surface area contributed by atoms with Crippen molar-refractivity contribution in [1.29, 1.82) is 0 Å². The van der Waals surface area contributed by atoms with Crippen molar-refractivity contribution in [2.24, 2.45) is 0 Å². The second kappa shape index (κ2) is 23.1. The Kier molecular flexibility index (Phi) is 20.8. The molecule has 0 heterocycles. The van der Waals surface area contributed by atoms with Gasteiger partial charge in [-0.2, -0.15) is 0 Å². The molecule has 0 aliphatic rings. The van der Waals surface area contributed by atoms with Gasteiger partial charge in [0.15, 0.2) is 0 Å². The van der Waals surface area contributed by atoms with E-state index in [1.54, 1.807) is 0 Å². The Balaban J connectivity index is 0.000000380. The molecular formula is C32H52O6. The number of benzene rings is 2. The van der Waals surface area contributed by atoms with Crippen molar-refractivity contribution in [3.05, 3.63) is 71.8 Å². The molecule has 4 atom stereocenters. The van der Waals surface area contributed by atoms with Gasteiger partial charge in [0, 0.05) is 0 Å². The summed E-state index contributed by atoms with van der Waals surface area (Å²) in [4.78, 5) is 0. The summed E-state index contributed by atoms with van der Waals surface area (Å²) in [6.07, 6.45) is 6.26. The van der Waals surface area contributed by atoms with Crippen LogP contribution in [0.15, 0.2) is 60.7 Å². The highest BCUT2D eigenvalue weighted by molar-refractivity contribution is 5.14. The molecule has 0 bridgehead atoms. The van der Waals surface area contributed by atoms with Crippen LogP contribution in [0, 0.1) is 0 Å². The maximum absolute atomic E-state index is 9.98. The summed E-state index contributed by atoms with van der Waals surface area (Å²) in [5, 5.41) is 20.0. The van der Waals surface area contributed by atoms with Crippen molar-refractivity contribution in [2.75, 3.05) is 13.6 Å². The molecular weight excluding hydrogens is 480 g/mol. The van der Waals surface area contributed by atoms with Gasteiger partial charge in [-0.1, -0.05) is 114 Å². The van der Waals surface area contributed by atoms with Crippen LogP contribution in [0.4, 0.5) is 0 Å². The molecule has 2 rings (SSSR count). The maximum atomic E-state index is 9.98. The monoisotopic (exact) mass is 532 g/mol. The van der Waals surface area contributed by atoms with Crippen molar-refractivity contribution >= 4 is 0 Å². The quantitative estimate of drug-likeness (QED) is 0.141. The standard InChI is InChI=1S/2C16H26O3/c2*1-3-8-15(17)16(9-4-2)19-13-18-12-14-10-6-5-7-11-14/h2*5-7,10-11,15-17H,3-4,8-9,12-13H2,1-2H3/t15-,16+;15-,16-/m01/s1. The minimum Gasteiger partial charge on any atom is -0.390 e. The third-order valence-electron chi connectivity index (χ3n) is 6.13. The van der Waals surface area contributed by atoms with E-state index < -0.39 is 0 Å². The van der Waals surface area contributed by atoms with Crippen molar-refractivity contribution in [1.82, 2.24) is 0 Å². The summed E-state index contributed by atoms with van der Waals surface area (Å²) in [5.74, 6) is 0. The van der Waals surface area contributed by atoms with E-state index in [2.05, 4.69) is 27.7 Å². The van der Waals surface area contributed by atoms with Gasteiger partial charge in [0.1, 0.15) is 13.6 Å². The average Bonchev–Trinajstić information content (AvgIpc) is 2.94. The number of hydrogen-bond donors (Lipinski definition) is 2. The molecule has 6 heteroatoms. The fourth-order valence-corrected chi connectivity index (χ4v) is 4.04. The van der Waals surface area contributed by atoms with Crippen LogP contribution in [-0.4, -0.2) is 48.2 Å². The van der Waals surface area contributed by atoms with Crippen LogP contribution >= 0.6 is 0 Å². The Hall–Kier alpha value is -1.80. The summed E-state index contributed by atoms with van der Waals surface area (Å²) >= 11 is 0. The van der Waals surface area contributed by atoms with Crippen LogP contribution in [0.1, 0.15) is 90.2 Å². The Morgan fingerprint density at radius 3 is 1.18 bits per heavy atom. The van der Waals surface area contributed by atoms with Crippen LogP contribution in [0.3, 0.4) is 0 Å². The lowest BCUT2D eigenvalue weighted by molar-refractivity contribution is -0.132. The van der Waals surface area contributed by atoms with Crippen molar-refractivity contribution in [3.8, 4) is 0 Å². The molecule has 6 nitrogen and oxygen atoms in total. The summed E-state index contributed by atoms with van der Waals surface area (Å²) in [6, 6.07) is 20.0. The zero-order valence-electron chi connectivity index (χ0n) is 24.1. The fourth-order valence-electron chi connectivity index (χ4n) is 4.04. The third-order valence-corrected chi connectivity index (χ3v) is 6.13. The molecule has 216 valence electrons. The molecule has 0 spiro atoms. The van der Waals surface area contributed by atoms with E-state index in [0.29, 0.717) is 13.2 Å². The van der Waals surface area contributed by atoms with Gasteiger partial charge in [0.25, 0.3) is 0 Å². The second-order valence-corrected chi connectivity index (χ2v) is 9.60. The van der Waals surface area contributed by atoms with Crippen LogP contribution in [0.5, 0.6) is 0 Å². The lowest BCUT2D eigenvalue weighted by atomic mass is 10.0. The summed E-state index contributed by atoms with van der Waals surface area (Å²) < 4.78 is 22.3. The molecule has 0 fully saturated rings. The topological polar surface area (TPSA) is 77.4 Å². The van der Waals surface area contributed by atoms with E-state index in [1.807, 2.05) is 60.7 Å². The minimum absolute atomic E-state index is 0.110. The smallest absolute Gasteiger partial charge is 0.147 e. The number of aliphatic hydroxyl groups is 2. The third kappa shape index (κ3) is 16.2. The molecule has 0 aliphatic carbocycles. The van der Waals surface area contributed by atoms with Gasteiger partial charge >= 0.3 is 0 Å². The highest BCUT2D eigenvalue weighted by Gasteiger charge is 2.19. The van der Waals surface area contributed by atoms with Gasteiger partial charge in [-0.15, -0.1) is 0 Å². The van der Waals surface area contributed by atoms with Crippen LogP contribution in [0.2, 0.25) is 0 Å². The molecule has 2 aromatic carbocycles. The SMILES string of the molecule is CCC[C@@H](O)[C@@H](CCC)OCOCc1ccccc1.CCC[C@H](O)[C@@H](CCC)OCOCc1ccccc1. The molecule has 0 amide bonds. The van der Waals surface area contributed by atoms with Crippen molar-refractivity contribution < 1.29 is 29.2 Å². The minimum atomic E-state index is -0.384. The maximum Gasteiger partial charge on any atom is 0.147 e. The number of ether oxygens (including phenoxy) is 4. The molecule has 38 heavy (non-hydrogen) atoms. The molecule has 0 saturated heterocycles. The van der Waals surface area contributed by atoms with E-state index >= 15 is 0 Å². The lowest BCUT2D eigenvalue weighted by Gasteiger charge is -2.22. The molecule has 2 N–H and O–H groups in total. The first-order chi connectivity index (χ1) is 18.5. The normalized spacial score (nSPS) is 14.3. The number of aliphatic hydroxyl groups excluding tert-OH is 2. The predicted molar refractivity (Wildman–Crippen MR) is 154 cm³/mol. The molecule has 0 aliphatic heterocycles. The lowest BCUT2D eigenvalue weighted by Crippen LogP contribution is -2.29. The largest absolute Gasteiger partial charge is 0.390 e. The van der Waals surface area contributed by atoms with Crippen molar-refractivity contribution in [2.45, 2.75) is 117 Å². The first-order valence-electron chi connectivity index (χ1n) is 14.4. The number of hydrogen-bond acceptors (Lipinski definition) is 6. The highest BCUT2D eigenvalue weighted by atomic mass is 16.7. The van der Waals surface area contributed by atoms with E-state index in [-0.39, 0.29) is 38.0 Å². The molecule has 0 saturated carbocycles. The molecule has 0 unspecified atom stereocenters. The molecule has 2 aromatic rings. The van der Waals surface area contributed by atoms with E-state index in [9.17, 15) is 10.2 Å². The first-order valence-corrected chi connectivity index (χ1v) is 14.4.